The van der Waals surface area contributed by atoms with Crippen molar-refractivity contribution in [1.29, 1.82) is 0 Å². The summed E-state index contributed by atoms with van der Waals surface area (Å²) < 4.78 is 11.0. The van der Waals surface area contributed by atoms with Crippen molar-refractivity contribution in [3.63, 3.8) is 0 Å². The highest BCUT2D eigenvalue weighted by Gasteiger charge is 2.27. The molecule has 0 saturated carbocycles. The molecule has 5 nitrogen and oxygen atoms in total. The average molecular weight is 384 g/mol. The maximum atomic E-state index is 6.00. The molecule has 1 N–H and O–H groups in total. The van der Waals surface area contributed by atoms with E-state index in [0.29, 0.717) is 6.61 Å². The van der Waals surface area contributed by atoms with Crippen LogP contribution in [0.5, 0.6) is 5.75 Å². The largest absolute Gasteiger partial charge is 0.497 e. The third-order valence-electron chi connectivity index (χ3n) is 4.85. The van der Waals surface area contributed by atoms with Gasteiger partial charge in [0.05, 0.1) is 38.3 Å². The van der Waals surface area contributed by atoms with Crippen LogP contribution in [-0.4, -0.2) is 41.7 Å². The summed E-state index contributed by atoms with van der Waals surface area (Å²) >= 11 is 6.00. The number of benzene rings is 2. The van der Waals surface area contributed by atoms with Gasteiger partial charge in [0.15, 0.2) is 0 Å². The SMILES string of the molecule is COc1ccc(-c2cnc(C3COCCN3Cc3ccc(Cl)cc3)[nH]2)cc1. The van der Waals surface area contributed by atoms with Gasteiger partial charge in [-0.3, -0.25) is 4.90 Å². The molecule has 0 radical (unpaired) electrons. The van der Waals surface area contributed by atoms with Crippen LogP contribution in [0.2, 0.25) is 5.02 Å². The summed E-state index contributed by atoms with van der Waals surface area (Å²) in [6.45, 7) is 3.06. The highest BCUT2D eigenvalue weighted by atomic mass is 35.5. The van der Waals surface area contributed by atoms with Crippen molar-refractivity contribution < 1.29 is 9.47 Å². The lowest BCUT2D eigenvalue weighted by Crippen LogP contribution is -2.39. The summed E-state index contributed by atoms with van der Waals surface area (Å²) in [4.78, 5) is 10.5. The molecule has 140 valence electrons. The highest BCUT2D eigenvalue weighted by Crippen LogP contribution is 2.27. The van der Waals surface area contributed by atoms with E-state index < -0.39 is 0 Å². The Morgan fingerprint density at radius 3 is 2.70 bits per heavy atom. The van der Waals surface area contributed by atoms with Crippen LogP contribution in [0.25, 0.3) is 11.3 Å². The summed E-state index contributed by atoms with van der Waals surface area (Å²) in [5, 5.41) is 0.757. The van der Waals surface area contributed by atoms with Crippen LogP contribution < -0.4 is 4.74 Å². The molecule has 1 unspecified atom stereocenters. The van der Waals surface area contributed by atoms with Crippen LogP contribution in [0.1, 0.15) is 17.4 Å². The molecule has 0 bridgehead atoms. The first-order valence-electron chi connectivity index (χ1n) is 8.98. The molecule has 4 rings (SSSR count). The molecule has 1 aliphatic rings. The van der Waals surface area contributed by atoms with E-state index in [2.05, 4.69) is 27.0 Å². The number of aromatic amines is 1. The number of H-pyrrole nitrogens is 1. The first kappa shape index (κ1) is 18.0. The second kappa shape index (κ2) is 8.13. The van der Waals surface area contributed by atoms with Crippen molar-refractivity contribution in [2.24, 2.45) is 0 Å². The summed E-state index contributed by atoms with van der Waals surface area (Å²) in [5.74, 6) is 1.77. The number of nitrogens with zero attached hydrogens (tertiary/aromatic N) is 2. The first-order valence-corrected chi connectivity index (χ1v) is 9.36. The highest BCUT2D eigenvalue weighted by molar-refractivity contribution is 6.30. The molecule has 1 aliphatic heterocycles. The fourth-order valence-electron chi connectivity index (χ4n) is 3.33. The Morgan fingerprint density at radius 2 is 1.96 bits per heavy atom. The van der Waals surface area contributed by atoms with Gasteiger partial charge in [0.2, 0.25) is 0 Å². The standard InChI is InChI=1S/C21H22ClN3O2/c1-26-18-8-4-16(5-9-18)19-12-23-21(24-19)20-14-27-11-10-25(20)13-15-2-6-17(22)7-3-15/h2-9,12,20H,10-11,13-14H2,1H3,(H,23,24). The van der Waals surface area contributed by atoms with Crippen LogP contribution in [0, 0.1) is 0 Å². The topological polar surface area (TPSA) is 50.4 Å². The van der Waals surface area contributed by atoms with E-state index in [1.807, 2.05) is 42.6 Å². The van der Waals surface area contributed by atoms with Gasteiger partial charge in [-0.2, -0.15) is 0 Å². The number of imidazole rings is 1. The lowest BCUT2D eigenvalue weighted by Gasteiger charge is -2.34. The van der Waals surface area contributed by atoms with Crippen molar-refractivity contribution in [3.05, 3.63) is 71.1 Å². The van der Waals surface area contributed by atoms with Crippen LogP contribution >= 0.6 is 11.6 Å². The van der Waals surface area contributed by atoms with Crippen LogP contribution in [0.4, 0.5) is 0 Å². The van der Waals surface area contributed by atoms with Crippen molar-refractivity contribution in [2.75, 3.05) is 26.9 Å². The van der Waals surface area contributed by atoms with Gasteiger partial charge < -0.3 is 14.5 Å². The number of methoxy groups -OCH3 is 1. The second-order valence-electron chi connectivity index (χ2n) is 6.60. The molecule has 1 fully saturated rings. The number of morpholine rings is 1. The van der Waals surface area contributed by atoms with Gasteiger partial charge in [0.1, 0.15) is 11.6 Å². The van der Waals surface area contributed by atoms with Gasteiger partial charge in [-0.05, 0) is 47.5 Å². The Kier molecular flexibility index (Phi) is 5.43. The number of hydrogen-bond acceptors (Lipinski definition) is 4. The molecule has 0 spiro atoms. The predicted octanol–water partition coefficient (Wildman–Crippen LogP) is 4.31. The van der Waals surface area contributed by atoms with Gasteiger partial charge in [-0.15, -0.1) is 0 Å². The van der Waals surface area contributed by atoms with Gasteiger partial charge >= 0.3 is 0 Å². The molecule has 2 aromatic carbocycles. The van der Waals surface area contributed by atoms with Crippen molar-refractivity contribution >= 4 is 11.6 Å². The van der Waals surface area contributed by atoms with E-state index in [1.165, 1.54) is 5.56 Å². The Morgan fingerprint density at radius 1 is 1.19 bits per heavy atom. The number of hydrogen-bond donors (Lipinski definition) is 1. The zero-order chi connectivity index (χ0) is 18.6. The van der Waals surface area contributed by atoms with Gasteiger partial charge in [0.25, 0.3) is 0 Å². The van der Waals surface area contributed by atoms with Gasteiger partial charge in [0, 0.05) is 18.1 Å². The van der Waals surface area contributed by atoms with E-state index in [-0.39, 0.29) is 6.04 Å². The van der Waals surface area contributed by atoms with E-state index in [4.69, 9.17) is 21.1 Å². The van der Waals surface area contributed by atoms with E-state index >= 15 is 0 Å². The minimum atomic E-state index is 0.0985. The Balaban J connectivity index is 1.53. The number of rotatable bonds is 5. The monoisotopic (exact) mass is 383 g/mol. The quantitative estimate of drug-likeness (QED) is 0.713. The fraction of sp³-hybridized carbons (Fsp3) is 0.286. The van der Waals surface area contributed by atoms with Crippen LogP contribution in [-0.2, 0) is 11.3 Å². The number of nitrogens with one attached hydrogen (secondary N) is 1. The summed E-state index contributed by atoms with van der Waals surface area (Å²) in [6, 6.07) is 16.1. The van der Waals surface area contributed by atoms with Crippen molar-refractivity contribution in [2.45, 2.75) is 12.6 Å². The Hall–Kier alpha value is -2.34. The number of aromatic nitrogens is 2. The molecule has 0 amide bonds. The fourth-order valence-corrected chi connectivity index (χ4v) is 3.45. The first-order chi connectivity index (χ1) is 13.2. The molecule has 1 atom stereocenters. The summed E-state index contributed by atoms with van der Waals surface area (Å²) in [6.07, 6.45) is 1.88. The second-order valence-corrected chi connectivity index (χ2v) is 7.03. The zero-order valence-electron chi connectivity index (χ0n) is 15.2. The normalized spacial score (nSPS) is 17.8. The number of halogens is 1. The molecule has 1 saturated heterocycles. The molecule has 1 aromatic heterocycles. The smallest absolute Gasteiger partial charge is 0.126 e. The summed E-state index contributed by atoms with van der Waals surface area (Å²) in [5.41, 5.74) is 3.30. The average Bonchev–Trinajstić information content (AvgIpc) is 3.20. The molecular formula is C21H22ClN3O2. The lowest BCUT2D eigenvalue weighted by atomic mass is 10.1. The Labute approximate surface area is 163 Å². The minimum absolute atomic E-state index is 0.0985. The maximum Gasteiger partial charge on any atom is 0.126 e. The van der Waals surface area contributed by atoms with E-state index in [1.54, 1.807) is 7.11 Å². The molecule has 27 heavy (non-hydrogen) atoms. The van der Waals surface area contributed by atoms with E-state index in [9.17, 15) is 0 Å². The Bertz CT molecular complexity index is 877. The lowest BCUT2D eigenvalue weighted by molar-refractivity contribution is -0.0156. The third-order valence-corrected chi connectivity index (χ3v) is 5.10. The molecule has 3 aromatic rings. The molecule has 6 heteroatoms. The molecule has 2 heterocycles. The van der Waals surface area contributed by atoms with Crippen molar-refractivity contribution in [3.8, 4) is 17.0 Å². The van der Waals surface area contributed by atoms with Crippen LogP contribution in [0.3, 0.4) is 0 Å². The molecular weight excluding hydrogens is 362 g/mol. The van der Waals surface area contributed by atoms with Crippen LogP contribution in [0.15, 0.2) is 54.7 Å². The summed E-state index contributed by atoms with van der Waals surface area (Å²) in [7, 11) is 1.67. The third kappa shape index (κ3) is 4.16. The van der Waals surface area contributed by atoms with Gasteiger partial charge in [-0.25, -0.2) is 4.98 Å². The van der Waals surface area contributed by atoms with E-state index in [0.717, 1.165) is 47.6 Å². The van der Waals surface area contributed by atoms with Crippen molar-refractivity contribution in [1.82, 2.24) is 14.9 Å². The maximum absolute atomic E-state index is 6.00. The zero-order valence-corrected chi connectivity index (χ0v) is 15.9. The molecule has 0 aliphatic carbocycles. The number of ether oxygens (including phenoxy) is 2. The predicted molar refractivity (Wildman–Crippen MR) is 106 cm³/mol. The minimum Gasteiger partial charge on any atom is -0.497 e. The van der Waals surface area contributed by atoms with Gasteiger partial charge in [-0.1, -0.05) is 23.7 Å².